The number of aliphatic hydroxyl groups is 1. The highest BCUT2D eigenvalue weighted by molar-refractivity contribution is 5.73. The molecule has 0 unspecified atom stereocenters. The van der Waals surface area contributed by atoms with Crippen LogP contribution in [-0.4, -0.2) is 68.2 Å². The number of aliphatic hydroxyl groups excluding tert-OH is 1. The molecule has 0 aliphatic rings. The molecule has 0 heterocycles. The van der Waals surface area contributed by atoms with Crippen LogP contribution in [-0.2, 0) is 9.59 Å². The normalized spacial score (nSPS) is 10.1. The van der Waals surface area contributed by atoms with Gasteiger partial charge in [0.05, 0.1) is 0 Å². The van der Waals surface area contributed by atoms with Crippen molar-refractivity contribution in [1.29, 1.82) is 0 Å². The fourth-order valence-corrected chi connectivity index (χ4v) is 3.51. The van der Waals surface area contributed by atoms with Gasteiger partial charge in [-0.1, -0.05) is 45.4 Å². The van der Waals surface area contributed by atoms with Crippen molar-refractivity contribution in [2.24, 2.45) is 0 Å². The Morgan fingerprint density at radius 1 is 0.788 bits per heavy atom. The lowest BCUT2D eigenvalue weighted by Crippen LogP contribution is -2.37. The van der Waals surface area contributed by atoms with Gasteiger partial charge in [-0.25, -0.2) is 0 Å². The Morgan fingerprint density at radius 2 is 1.27 bits per heavy atom. The summed E-state index contributed by atoms with van der Waals surface area (Å²) in [6.45, 7) is 5.94. The van der Waals surface area contributed by atoms with Crippen molar-refractivity contribution in [3.63, 3.8) is 0 Å². The van der Waals surface area contributed by atoms with Gasteiger partial charge in [0.2, 0.25) is 0 Å². The number of nitrogens with one attached hydrogen (secondary N) is 2. The summed E-state index contributed by atoms with van der Waals surface area (Å²) in [7, 11) is 2.67. The minimum Gasteiger partial charge on any atom is -0.483 e. The molecular weight excluding hydrogens is 426 g/mol. The molecule has 0 aliphatic heterocycles. The van der Waals surface area contributed by atoms with E-state index in [0.29, 0.717) is 24.3 Å². The van der Waals surface area contributed by atoms with E-state index in [9.17, 15) is 14.4 Å². The Kier molecular flexibility index (Phi) is 24.3. The summed E-state index contributed by atoms with van der Waals surface area (Å²) in [5, 5.41) is 19.8. The highest BCUT2D eigenvalue weighted by Gasteiger charge is 2.18. The van der Waals surface area contributed by atoms with Gasteiger partial charge < -0.3 is 30.5 Å². The lowest BCUT2D eigenvalue weighted by atomic mass is 10.1. The summed E-state index contributed by atoms with van der Waals surface area (Å²) in [5.74, 6) is 0. The Balaban J connectivity index is 0. The highest BCUT2D eigenvalue weighted by Crippen LogP contribution is 2.13. The number of nitrogens with zero attached hydrogens (tertiary/aromatic N) is 1. The quantitative estimate of drug-likeness (QED) is 0.136. The van der Waals surface area contributed by atoms with E-state index in [4.69, 9.17) is 15.0 Å². The van der Waals surface area contributed by atoms with Crippen LogP contribution in [0.5, 0.6) is 0 Å². The summed E-state index contributed by atoms with van der Waals surface area (Å²) in [4.78, 5) is 44.2. The minimum absolute atomic E-state index is 0.250. The molecule has 192 valence electrons. The first kappa shape index (κ1) is 32.9. The van der Waals surface area contributed by atoms with Gasteiger partial charge in [-0.15, -0.1) is 0 Å². The second-order valence-corrected chi connectivity index (χ2v) is 7.67. The minimum atomic E-state index is -0.421. The zero-order valence-corrected chi connectivity index (χ0v) is 20.7. The molecule has 33 heavy (non-hydrogen) atoms. The van der Waals surface area contributed by atoms with Crippen LogP contribution < -0.4 is 21.5 Å². The average molecular weight is 472 g/mol. The van der Waals surface area contributed by atoms with Crippen molar-refractivity contribution in [3.05, 3.63) is 20.4 Å². The third-order valence-corrected chi connectivity index (χ3v) is 5.24. The Hall–Kier alpha value is -2.26. The topological polar surface area (TPSA) is 136 Å². The summed E-state index contributed by atoms with van der Waals surface area (Å²) < 4.78 is 0. The van der Waals surface area contributed by atoms with Gasteiger partial charge in [0.1, 0.15) is 17.7 Å². The highest BCUT2D eigenvalue weighted by atomic mass is 16.3. The van der Waals surface area contributed by atoms with E-state index in [-0.39, 0.29) is 6.47 Å². The van der Waals surface area contributed by atoms with Crippen LogP contribution in [0.15, 0.2) is 9.59 Å². The number of carbonyl (C=O) groups excluding carboxylic acids is 1. The van der Waals surface area contributed by atoms with Crippen LogP contribution in [0.3, 0.4) is 0 Å². The zero-order chi connectivity index (χ0) is 25.3. The van der Waals surface area contributed by atoms with Crippen molar-refractivity contribution in [3.8, 4) is 0 Å². The lowest BCUT2D eigenvalue weighted by molar-refractivity contribution is -0.122. The fourth-order valence-electron chi connectivity index (χ4n) is 3.51. The maximum absolute atomic E-state index is 11.6. The molecule has 0 bridgehead atoms. The van der Waals surface area contributed by atoms with Gasteiger partial charge in [-0.3, -0.25) is 14.4 Å². The van der Waals surface area contributed by atoms with E-state index >= 15 is 0 Å². The molecule has 0 radical (unpaired) electrons. The van der Waals surface area contributed by atoms with Gasteiger partial charge in [0.25, 0.3) is 17.3 Å². The van der Waals surface area contributed by atoms with Gasteiger partial charge in [-0.2, -0.15) is 0 Å². The van der Waals surface area contributed by atoms with Crippen molar-refractivity contribution < 1.29 is 19.8 Å². The molecule has 0 aromatic heterocycles. The second-order valence-electron chi connectivity index (χ2n) is 7.67. The van der Waals surface area contributed by atoms with E-state index < -0.39 is 10.9 Å². The van der Waals surface area contributed by atoms with Crippen LogP contribution in [0.2, 0.25) is 0 Å². The third kappa shape index (κ3) is 16.1. The van der Waals surface area contributed by atoms with Gasteiger partial charge in [0.15, 0.2) is 0 Å². The number of rotatable bonds is 19. The molecular formula is C24H45N3O6. The molecule has 4 N–H and O–H groups in total. The molecule has 9 heteroatoms. The first-order valence-corrected chi connectivity index (χ1v) is 12.0. The average Bonchev–Trinajstić information content (AvgIpc) is 2.83. The maximum Gasteiger partial charge on any atom is 0.290 e. The predicted octanol–water partition coefficient (Wildman–Crippen LogP) is 2.86. The summed E-state index contributed by atoms with van der Waals surface area (Å²) in [5.41, 5.74) is 0.0272. The Bertz CT molecular complexity index is 659. The molecule has 0 aliphatic carbocycles. The Morgan fingerprint density at radius 3 is 1.82 bits per heavy atom. The Labute approximate surface area is 198 Å². The number of hydrogen-bond acceptors (Lipinski definition) is 8. The van der Waals surface area contributed by atoms with Gasteiger partial charge in [-0.05, 0) is 45.3 Å². The molecule has 0 atom stereocenters. The van der Waals surface area contributed by atoms with E-state index in [1.807, 2.05) is 0 Å². The zero-order valence-electron chi connectivity index (χ0n) is 20.7. The summed E-state index contributed by atoms with van der Waals surface area (Å²) in [6, 6.07) is 0. The molecule has 0 fully saturated rings. The number of carbonyl (C=O) groups is 2. The summed E-state index contributed by atoms with van der Waals surface area (Å²) >= 11 is 0. The molecule has 1 aromatic carbocycles. The van der Waals surface area contributed by atoms with Crippen molar-refractivity contribution in [1.82, 2.24) is 4.90 Å². The van der Waals surface area contributed by atoms with Gasteiger partial charge in [0, 0.05) is 27.1 Å². The SMILES string of the molecule is CCCCCCN(CCCCCCCC=O)CCCNc1c(NC)c(=O)c1=O.CO.O=CO. The predicted molar refractivity (Wildman–Crippen MR) is 135 cm³/mol. The van der Waals surface area contributed by atoms with E-state index in [0.717, 1.165) is 52.3 Å². The smallest absolute Gasteiger partial charge is 0.290 e. The third-order valence-electron chi connectivity index (χ3n) is 5.24. The van der Waals surface area contributed by atoms with E-state index in [1.165, 1.54) is 44.9 Å². The van der Waals surface area contributed by atoms with Crippen molar-refractivity contribution in [2.45, 2.75) is 77.6 Å². The van der Waals surface area contributed by atoms with Crippen molar-refractivity contribution in [2.75, 3.05) is 51.0 Å². The van der Waals surface area contributed by atoms with E-state index in [1.54, 1.807) is 7.05 Å². The van der Waals surface area contributed by atoms with Crippen LogP contribution >= 0.6 is 0 Å². The molecule has 0 amide bonds. The molecule has 9 nitrogen and oxygen atoms in total. The second kappa shape index (κ2) is 24.4. The number of carboxylic acid groups (broad SMARTS) is 1. The number of aldehydes is 1. The van der Waals surface area contributed by atoms with E-state index in [2.05, 4.69) is 22.5 Å². The summed E-state index contributed by atoms with van der Waals surface area (Å²) in [6.07, 6.45) is 13.5. The molecule has 1 rings (SSSR count). The molecule has 0 saturated carbocycles. The van der Waals surface area contributed by atoms with Crippen LogP contribution in [0.25, 0.3) is 0 Å². The fraction of sp³-hybridized carbons (Fsp3) is 0.750. The number of hydrogen-bond donors (Lipinski definition) is 4. The first-order valence-electron chi connectivity index (χ1n) is 12.0. The van der Waals surface area contributed by atoms with Crippen LogP contribution in [0.4, 0.5) is 11.4 Å². The molecule has 0 spiro atoms. The standard InChI is InChI=1S/C22H39N3O3.CH2O2.CH4O/c1-3-4-5-10-15-25(16-11-8-6-7-9-12-18-26)17-13-14-24-20-19(23-2)21(27)22(20)28;2-1-3;1-2/h18,23-24H,3-17H2,1-2H3;1H,(H,2,3);2H,1H3. The van der Waals surface area contributed by atoms with Crippen molar-refractivity contribution >= 4 is 24.1 Å². The van der Waals surface area contributed by atoms with Gasteiger partial charge >= 0.3 is 0 Å². The first-order chi connectivity index (χ1) is 16.1. The lowest BCUT2D eigenvalue weighted by Gasteiger charge is -2.23. The maximum atomic E-state index is 11.6. The van der Waals surface area contributed by atoms with Crippen LogP contribution in [0.1, 0.15) is 77.6 Å². The number of anilines is 2. The largest absolute Gasteiger partial charge is 0.483 e. The molecule has 0 saturated heterocycles. The number of unbranched alkanes of at least 4 members (excludes halogenated alkanes) is 8. The molecule has 1 aromatic rings. The van der Waals surface area contributed by atoms with Crippen LogP contribution in [0, 0.1) is 0 Å². The monoisotopic (exact) mass is 471 g/mol.